The molecule has 2 rings (SSSR count). The number of aryl methyl sites for hydroxylation is 1. The summed E-state index contributed by atoms with van der Waals surface area (Å²) in [5, 5.41) is 0.618. The summed E-state index contributed by atoms with van der Waals surface area (Å²) in [7, 11) is 1.85. The summed E-state index contributed by atoms with van der Waals surface area (Å²) < 4.78 is 13.2. The predicted octanol–water partition coefficient (Wildman–Crippen LogP) is 1.28. The fraction of sp³-hybridized carbons (Fsp3) is 0.182. The lowest BCUT2D eigenvalue weighted by atomic mass is 10.2. The molecular weight excluding hydrogens is 210 g/mol. The Morgan fingerprint density at radius 1 is 1.33 bits per heavy atom. The second-order valence-electron chi connectivity index (χ2n) is 3.40. The molecule has 0 bridgehead atoms. The highest BCUT2D eigenvalue weighted by Gasteiger charge is 2.13. The van der Waals surface area contributed by atoms with Gasteiger partial charge in [0.05, 0.1) is 17.1 Å². The Kier molecular flexibility index (Phi) is 2.54. The van der Waals surface area contributed by atoms with Crippen molar-refractivity contribution in [1.29, 1.82) is 0 Å². The van der Waals surface area contributed by atoms with Gasteiger partial charge in [-0.1, -0.05) is 12.1 Å². The van der Waals surface area contributed by atoms with Gasteiger partial charge >= 0.3 is 0 Å². The molecule has 1 atom stereocenters. The van der Waals surface area contributed by atoms with E-state index >= 15 is 0 Å². The molecule has 1 unspecified atom stereocenters. The van der Waals surface area contributed by atoms with E-state index in [1.54, 1.807) is 12.3 Å². The van der Waals surface area contributed by atoms with Crippen molar-refractivity contribution in [2.45, 2.75) is 4.90 Å². The second kappa shape index (κ2) is 3.72. The number of aromatic nitrogens is 1. The smallest absolute Gasteiger partial charge is 0.244 e. The fourth-order valence-electron chi connectivity index (χ4n) is 1.61. The number of rotatable bonds is 1. The lowest BCUT2D eigenvalue weighted by Gasteiger charge is -2.08. The monoisotopic (exact) mass is 221 g/mol. The van der Waals surface area contributed by atoms with E-state index in [-0.39, 0.29) is 5.43 Å². The number of pyridine rings is 1. The molecule has 15 heavy (non-hydrogen) atoms. The zero-order valence-electron chi connectivity index (χ0n) is 8.56. The first-order valence-electron chi connectivity index (χ1n) is 4.53. The first kappa shape index (κ1) is 10.3. The number of fused-ring (bicyclic) bond motifs is 1. The van der Waals surface area contributed by atoms with Crippen LogP contribution in [0.1, 0.15) is 0 Å². The van der Waals surface area contributed by atoms with Gasteiger partial charge in [-0.15, -0.1) is 0 Å². The average Bonchev–Trinajstić information content (AvgIpc) is 2.23. The lowest BCUT2D eigenvalue weighted by Crippen LogP contribution is -2.17. The van der Waals surface area contributed by atoms with E-state index in [9.17, 15) is 9.35 Å². The van der Waals surface area contributed by atoms with Crippen molar-refractivity contribution in [3.63, 3.8) is 0 Å². The highest BCUT2D eigenvalue weighted by atomic mass is 32.2. The largest absolute Gasteiger partial charge is 0.612 e. The summed E-state index contributed by atoms with van der Waals surface area (Å²) >= 11 is -1.24. The lowest BCUT2D eigenvalue weighted by molar-refractivity contribution is 0.599. The molecule has 0 aliphatic heterocycles. The van der Waals surface area contributed by atoms with Crippen LogP contribution in [0.2, 0.25) is 0 Å². The van der Waals surface area contributed by atoms with Gasteiger partial charge in [0.1, 0.15) is 6.26 Å². The highest BCUT2D eigenvalue weighted by molar-refractivity contribution is 7.90. The van der Waals surface area contributed by atoms with Gasteiger partial charge in [0.2, 0.25) is 10.3 Å². The summed E-state index contributed by atoms with van der Waals surface area (Å²) in [6.45, 7) is 0. The zero-order chi connectivity index (χ0) is 11.0. The van der Waals surface area contributed by atoms with E-state index in [2.05, 4.69) is 0 Å². The Morgan fingerprint density at radius 2 is 2.00 bits per heavy atom. The molecule has 1 aromatic heterocycles. The molecule has 0 fully saturated rings. The maximum absolute atomic E-state index is 11.9. The van der Waals surface area contributed by atoms with Crippen LogP contribution in [0.4, 0.5) is 0 Å². The minimum absolute atomic E-state index is 0.135. The Morgan fingerprint density at radius 3 is 2.67 bits per heavy atom. The van der Waals surface area contributed by atoms with Crippen LogP contribution in [0.5, 0.6) is 0 Å². The normalized spacial score (nSPS) is 13.0. The first-order chi connectivity index (χ1) is 7.11. The van der Waals surface area contributed by atoms with Gasteiger partial charge in [0, 0.05) is 7.05 Å². The first-order valence-corrected chi connectivity index (χ1v) is 6.09. The maximum Gasteiger partial charge on any atom is 0.244 e. The minimum Gasteiger partial charge on any atom is -0.612 e. The van der Waals surface area contributed by atoms with E-state index in [1.165, 1.54) is 6.26 Å². The van der Waals surface area contributed by atoms with E-state index in [1.807, 2.05) is 29.8 Å². The SMILES string of the molecule is Cn1cc([S+](C)[O-])c(=O)c2ccccc21. The fourth-order valence-corrected chi connectivity index (χ4v) is 2.29. The molecule has 0 N–H and O–H groups in total. The van der Waals surface area contributed by atoms with Gasteiger partial charge in [0.25, 0.3) is 0 Å². The van der Waals surface area contributed by atoms with Crippen LogP contribution < -0.4 is 5.43 Å². The molecule has 0 aliphatic carbocycles. The Balaban J connectivity index is 2.91. The van der Waals surface area contributed by atoms with Gasteiger partial charge < -0.3 is 9.12 Å². The molecule has 78 valence electrons. The van der Waals surface area contributed by atoms with Crippen LogP contribution in [-0.4, -0.2) is 15.4 Å². The van der Waals surface area contributed by atoms with Crippen LogP contribution >= 0.6 is 0 Å². The van der Waals surface area contributed by atoms with E-state index < -0.39 is 11.2 Å². The minimum atomic E-state index is -1.24. The van der Waals surface area contributed by atoms with Crippen LogP contribution in [0.3, 0.4) is 0 Å². The summed E-state index contributed by atoms with van der Waals surface area (Å²) in [4.78, 5) is 12.3. The third-order valence-electron chi connectivity index (χ3n) is 2.37. The molecule has 0 amide bonds. The average molecular weight is 221 g/mol. The summed E-state index contributed by atoms with van der Waals surface area (Å²) in [5.74, 6) is 0. The molecular formula is C11H11NO2S. The Bertz CT molecular complexity index is 560. The van der Waals surface area contributed by atoms with E-state index in [4.69, 9.17) is 0 Å². The van der Waals surface area contributed by atoms with Gasteiger partial charge in [-0.25, -0.2) is 0 Å². The number of benzene rings is 1. The second-order valence-corrected chi connectivity index (χ2v) is 4.75. The van der Waals surface area contributed by atoms with Crippen molar-refractivity contribution >= 4 is 22.1 Å². The molecule has 1 heterocycles. The summed E-state index contributed by atoms with van der Waals surface area (Å²) in [5.41, 5.74) is 0.723. The maximum atomic E-state index is 11.9. The molecule has 0 radical (unpaired) electrons. The van der Waals surface area contributed by atoms with E-state index in [0.29, 0.717) is 10.3 Å². The van der Waals surface area contributed by atoms with Crippen molar-refractivity contribution in [2.24, 2.45) is 7.05 Å². The third kappa shape index (κ3) is 1.66. The third-order valence-corrected chi connectivity index (χ3v) is 3.28. The van der Waals surface area contributed by atoms with Crippen molar-refractivity contribution in [2.75, 3.05) is 6.26 Å². The quantitative estimate of drug-likeness (QED) is 0.681. The molecule has 2 aromatic rings. The van der Waals surface area contributed by atoms with Crippen molar-refractivity contribution in [3.8, 4) is 0 Å². The molecule has 4 heteroatoms. The summed E-state index contributed by atoms with van der Waals surface area (Å²) in [6.07, 6.45) is 3.16. The topological polar surface area (TPSA) is 45.1 Å². The van der Waals surface area contributed by atoms with Crippen LogP contribution in [0.25, 0.3) is 10.9 Å². The van der Waals surface area contributed by atoms with Gasteiger partial charge in [-0.3, -0.25) is 4.79 Å². The molecule has 0 spiro atoms. The molecule has 0 saturated carbocycles. The summed E-state index contributed by atoms with van der Waals surface area (Å²) in [6, 6.07) is 7.32. The molecule has 0 saturated heterocycles. The molecule has 3 nitrogen and oxygen atoms in total. The molecule has 1 aromatic carbocycles. The zero-order valence-corrected chi connectivity index (χ0v) is 9.38. The van der Waals surface area contributed by atoms with Crippen LogP contribution in [-0.2, 0) is 18.2 Å². The van der Waals surface area contributed by atoms with Crippen molar-refractivity contribution in [1.82, 2.24) is 4.57 Å². The number of nitrogens with zero attached hydrogens (tertiary/aromatic N) is 1. The van der Waals surface area contributed by atoms with Gasteiger partial charge in [-0.05, 0) is 23.3 Å². The highest BCUT2D eigenvalue weighted by Crippen LogP contribution is 2.12. The van der Waals surface area contributed by atoms with Crippen molar-refractivity contribution in [3.05, 3.63) is 40.7 Å². The van der Waals surface area contributed by atoms with Gasteiger partial charge in [0.15, 0.2) is 0 Å². The van der Waals surface area contributed by atoms with Gasteiger partial charge in [-0.2, -0.15) is 0 Å². The van der Waals surface area contributed by atoms with Crippen LogP contribution in [0.15, 0.2) is 40.2 Å². The van der Waals surface area contributed by atoms with Crippen molar-refractivity contribution < 1.29 is 4.55 Å². The number of para-hydroxylation sites is 1. The predicted molar refractivity (Wildman–Crippen MR) is 61.5 cm³/mol. The Labute approximate surface area is 90.5 Å². The standard InChI is InChI=1S/C11H11NO2S/c1-12-7-10(15(2)14)11(13)8-5-3-4-6-9(8)12/h3-7H,1-2H3. The number of hydrogen-bond donors (Lipinski definition) is 0. The van der Waals surface area contributed by atoms with Crippen LogP contribution in [0, 0.1) is 0 Å². The number of hydrogen-bond acceptors (Lipinski definition) is 2. The molecule has 0 aliphatic rings. The van der Waals surface area contributed by atoms with E-state index in [0.717, 1.165) is 5.52 Å². The Hall–Kier alpha value is -1.26.